The first kappa shape index (κ1) is 24.6. The average Bonchev–Trinajstić information content (AvgIpc) is 3.21. The van der Waals surface area contributed by atoms with Crippen LogP contribution in [0.15, 0.2) is 41.7 Å². The molecule has 1 aliphatic carbocycles. The van der Waals surface area contributed by atoms with E-state index in [0.29, 0.717) is 11.4 Å². The molecule has 8 nitrogen and oxygen atoms in total. The molecule has 2 aromatic rings. The van der Waals surface area contributed by atoms with Crippen LogP contribution in [0.4, 0.5) is 0 Å². The number of hydrogen-bond acceptors (Lipinski definition) is 5. The minimum Gasteiger partial charge on any atom is -0.399 e. The van der Waals surface area contributed by atoms with Gasteiger partial charge in [-0.15, -0.1) is 0 Å². The molecule has 4 rings (SSSR count). The van der Waals surface area contributed by atoms with E-state index < -0.39 is 35.2 Å². The van der Waals surface area contributed by atoms with Crippen LogP contribution in [-0.2, 0) is 21.3 Å². The topological polar surface area (TPSA) is 112 Å². The Morgan fingerprint density at radius 1 is 1.18 bits per heavy atom. The zero-order valence-corrected chi connectivity index (χ0v) is 21.0. The van der Waals surface area contributed by atoms with Gasteiger partial charge in [-0.25, -0.2) is 0 Å². The van der Waals surface area contributed by atoms with Crippen LogP contribution in [0.25, 0.3) is 0 Å². The number of carbonyl (C=O) groups is 1. The third kappa shape index (κ3) is 4.56. The van der Waals surface area contributed by atoms with Crippen molar-refractivity contribution in [2.75, 3.05) is 0 Å². The molecule has 2 heterocycles. The summed E-state index contributed by atoms with van der Waals surface area (Å²) in [6.45, 7) is 11.8. The molecule has 0 unspecified atom stereocenters. The van der Waals surface area contributed by atoms with E-state index in [0.717, 1.165) is 30.3 Å². The maximum absolute atomic E-state index is 12.8. The number of amidine groups is 1. The summed E-state index contributed by atoms with van der Waals surface area (Å²) in [4.78, 5) is 17.0. The summed E-state index contributed by atoms with van der Waals surface area (Å²) >= 11 is 0. The Kier molecular flexibility index (Phi) is 6.03. The minimum absolute atomic E-state index is 0.276. The van der Waals surface area contributed by atoms with E-state index >= 15 is 0 Å². The first-order valence-corrected chi connectivity index (χ1v) is 11.8. The number of aliphatic hydroxyl groups is 1. The number of aromatic nitrogens is 2. The van der Waals surface area contributed by atoms with Crippen molar-refractivity contribution in [2.45, 2.75) is 89.6 Å². The molecule has 9 heteroatoms. The van der Waals surface area contributed by atoms with Gasteiger partial charge in [-0.1, -0.05) is 30.7 Å². The predicted octanol–water partition coefficient (Wildman–Crippen LogP) is 2.57. The summed E-state index contributed by atoms with van der Waals surface area (Å²) in [7, 11) is -0.426. The molecule has 1 aliphatic heterocycles. The fourth-order valence-corrected chi connectivity index (χ4v) is 4.40. The maximum atomic E-state index is 12.8. The summed E-state index contributed by atoms with van der Waals surface area (Å²) in [5, 5.41) is 14.1. The molecule has 1 saturated heterocycles. The van der Waals surface area contributed by atoms with Crippen molar-refractivity contribution in [1.29, 1.82) is 0 Å². The van der Waals surface area contributed by atoms with Gasteiger partial charge in [0.15, 0.2) is 0 Å². The van der Waals surface area contributed by atoms with E-state index in [-0.39, 0.29) is 6.54 Å². The highest BCUT2D eigenvalue weighted by molar-refractivity contribution is 6.62. The Morgan fingerprint density at radius 2 is 1.76 bits per heavy atom. The number of aliphatic imine (C=N–C) groups is 1. The second kappa shape index (κ2) is 8.32. The first-order valence-electron chi connectivity index (χ1n) is 11.8. The second-order valence-electron chi connectivity index (χ2n) is 11.2. The molecule has 1 saturated carbocycles. The standard InChI is InChI=1S/C25H35BN4O4/c1-22(2,32)16-30-15-17(14-28-30)20(31)29-21(27)25(12-7-13-25)18-8-10-19(11-9-18)26-33-23(3,4)24(5,6)34-26/h8-11,14-15,32H,7,12-13,16H2,1-6H3,(H2,27,29,31). The number of amides is 1. The molecule has 1 aromatic heterocycles. The molecule has 0 radical (unpaired) electrons. The van der Waals surface area contributed by atoms with Crippen LogP contribution in [0.3, 0.4) is 0 Å². The fraction of sp³-hybridized carbons (Fsp3) is 0.560. The van der Waals surface area contributed by atoms with Gasteiger partial charge in [0.2, 0.25) is 0 Å². The third-order valence-electron chi connectivity index (χ3n) is 7.34. The SMILES string of the molecule is CC(C)(O)Cn1cc(C(=O)N=C(N)C2(c3ccc(B4OC(C)(C)C(C)(C)O4)cc3)CCC2)cn1. The van der Waals surface area contributed by atoms with Crippen LogP contribution in [0, 0.1) is 0 Å². The molecule has 1 amide bonds. The van der Waals surface area contributed by atoms with Gasteiger partial charge in [0.05, 0.1) is 40.5 Å². The van der Waals surface area contributed by atoms with Crippen LogP contribution >= 0.6 is 0 Å². The van der Waals surface area contributed by atoms with E-state index in [1.807, 2.05) is 52.0 Å². The largest absolute Gasteiger partial charge is 0.494 e. The monoisotopic (exact) mass is 466 g/mol. The Bertz CT molecular complexity index is 1080. The van der Waals surface area contributed by atoms with E-state index in [9.17, 15) is 9.90 Å². The maximum Gasteiger partial charge on any atom is 0.494 e. The lowest BCUT2D eigenvalue weighted by Crippen LogP contribution is -2.47. The molecule has 0 spiro atoms. The van der Waals surface area contributed by atoms with Crippen LogP contribution in [0.2, 0.25) is 0 Å². The van der Waals surface area contributed by atoms with Crippen molar-refractivity contribution >= 4 is 24.3 Å². The average molecular weight is 466 g/mol. The summed E-state index contributed by atoms with van der Waals surface area (Å²) in [5.41, 5.74) is 6.58. The number of nitrogens with two attached hydrogens (primary N) is 1. The number of benzene rings is 1. The summed E-state index contributed by atoms with van der Waals surface area (Å²) in [6.07, 6.45) is 5.74. The van der Waals surface area contributed by atoms with Gasteiger partial charge in [-0.3, -0.25) is 9.48 Å². The van der Waals surface area contributed by atoms with Gasteiger partial charge in [0, 0.05) is 6.20 Å². The molecule has 2 fully saturated rings. The van der Waals surface area contributed by atoms with Crippen LogP contribution in [-0.4, -0.2) is 50.6 Å². The van der Waals surface area contributed by atoms with E-state index in [1.54, 1.807) is 20.0 Å². The Labute approximate surface area is 201 Å². The van der Waals surface area contributed by atoms with Gasteiger partial charge in [-0.05, 0) is 65.4 Å². The van der Waals surface area contributed by atoms with Gasteiger partial charge in [0.25, 0.3) is 5.91 Å². The molecule has 3 N–H and O–H groups in total. The summed E-state index contributed by atoms with van der Waals surface area (Å²) in [5.74, 6) is -0.109. The molecule has 182 valence electrons. The summed E-state index contributed by atoms with van der Waals surface area (Å²) < 4.78 is 13.9. The van der Waals surface area contributed by atoms with Crippen LogP contribution in [0.1, 0.15) is 76.7 Å². The molecule has 0 atom stereocenters. The number of nitrogens with zero attached hydrogens (tertiary/aromatic N) is 3. The number of hydrogen-bond donors (Lipinski definition) is 2. The highest BCUT2D eigenvalue weighted by atomic mass is 16.7. The molecule has 0 bridgehead atoms. The van der Waals surface area contributed by atoms with Crippen molar-refractivity contribution in [2.24, 2.45) is 10.7 Å². The van der Waals surface area contributed by atoms with Gasteiger partial charge in [0.1, 0.15) is 5.84 Å². The lowest BCUT2D eigenvalue weighted by molar-refractivity contribution is 0.00578. The first-order chi connectivity index (χ1) is 15.7. The van der Waals surface area contributed by atoms with Crippen LogP contribution < -0.4 is 11.2 Å². The highest BCUT2D eigenvalue weighted by Gasteiger charge is 2.52. The van der Waals surface area contributed by atoms with Gasteiger partial charge < -0.3 is 20.1 Å². The van der Waals surface area contributed by atoms with Gasteiger partial charge >= 0.3 is 7.12 Å². The number of carbonyl (C=O) groups excluding carboxylic acids is 1. The van der Waals surface area contributed by atoms with E-state index in [2.05, 4.69) is 10.1 Å². The van der Waals surface area contributed by atoms with Crippen molar-refractivity contribution in [1.82, 2.24) is 9.78 Å². The zero-order chi connectivity index (χ0) is 24.9. The molecule has 34 heavy (non-hydrogen) atoms. The van der Waals surface area contributed by atoms with E-state index in [4.69, 9.17) is 15.0 Å². The van der Waals surface area contributed by atoms with Crippen molar-refractivity contribution < 1.29 is 19.2 Å². The Hall–Kier alpha value is -2.49. The van der Waals surface area contributed by atoms with Crippen molar-refractivity contribution in [3.8, 4) is 0 Å². The van der Waals surface area contributed by atoms with Crippen molar-refractivity contribution in [3.05, 3.63) is 47.8 Å². The lowest BCUT2D eigenvalue weighted by Gasteiger charge is -2.41. The molecular formula is C25H35BN4O4. The highest BCUT2D eigenvalue weighted by Crippen LogP contribution is 2.44. The zero-order valence-electron chi connectivity index (χ0n) is 21.0. The predicted molar refractivity (Wildman–Crippen MR) is 132 cm³/mol. The van der Waals surface area contributed by atoms with Crippen LogP contribution in [0.5, 0.6) is 0 Å². The van der Waals surface area contributed by atoms with Crippen molar-refractivity contribution in [3.63, 3.8) is 0 Å². The Morgan fingerprint density at radius 3 is 2.26 bits per heavy atom. The molecule has 2 aliphatic rings. The number of rotatable bonds is 6. The third-order valence-corrected chi connectivity index (χ3v) is 7.34. The molecular weight excluding hydrogens is 431 g/mol. The van der Waals surface area contributed by atoms with E-state index in [1.165, 1.54) is 10.9 Å². The fourth-order valence-electron chi connectivity index (χ4n) is 4.40. The minimum atomic E-state index is -0.934. The lowest BCUT2D eigenvalue weighted by atomic mass is 9.63. The summed E-state index contributed by atoms with van der Waals surface area (Å²) in [6, 6.07) is 8.09. The quantitative estimate of drug-likeness (QED) is 0.385. The Balaban J connectivity index is 1.52. The molecule has 1 aromatic carbocycles. The second-order valence-corrected chi connectivity index (χ2v) is 11.2. The van der Waals surface area contributed by atoms with Gasteiger partial charge in [-0.2, -0.15) is 10.1 Å². The smallest absolute Gasteiger partial charge is 0.399 e. The normalized spacial score (nSPS) is 21.4.